The fraction of sp³-hybridized carbons (Fsp3) is 0.385. The van der Waals surface area contributed by atoms with Crippen molar-refractivity contribution in [3.05, 3.63) is 48.1 Å². The van der Waals surface area contributed by atoms with Crippen molar-refractivity contribution in [3.63, 3.8) is 0 Å². The monoisotopic (exact) mass is 226 g/mol. The quantitative estimate of drug-likeness (QED) is 0.764. The summed E-state index contributed by atoms with van der Waals surface area (Å²) in [7, 11) is 0. The Balaban J connectivity index is 2.71. The number of aliphatic hydroxyl groups is 1. The molecule has 88 valence electrons. The minimum atomic E-state index is -0.918. The van der Waals surface area contributed by atoms with Crippen LogP contribution < -0.4 is 0 Å². The third-order valence-electron chi connectivity index (χ3n) is 2.46. The lowest BCUT2D eigenvalue weighted by atomic mass is 9.92. The van der Waals surface area contributed by atoms with Gasteiger partial charge in [-0.2, -0.15) is 0 Å². The minimum absolute atomic E-state index is 0.304. The first-order valence-electron chi connectivity index (χ1n) is 5.22. The summed E-state index contributed by atoms with van der Waals surface area (Å²) >= 11 is 0. The highest BCUT2D eigenvalue weighted by molar-refractivity contribution is 5.19. The second-order valence-corrected chi connectivity index (χ2v) is 4.25. The summed E-state index contributed by atoms with van der Waals surface area (Å²) in [6.07, 6.45) is 3.27. The van der Waals surface area contributed by atoms with Crippen LogP contribution in [0.3, 0.4) is 0 Å². The third-order valence-corrected chi connectivity index (χ3v) is 2.46. The van der Waals surface area contributed by atoms with E-state index in [0.717, 1.165) is 12.1 Å². The molecule has 3 heteroatoms. The lowest BCUT2D eigenvalue weighted by molar-refractivity contribution is 0.0522. The van der Waals surface area contributed by atoms with Crippen LogP contribution in [0.2, 0.25) is 0 Å². The predicted octanol–water partition coefficient (Wildman–Crippen LogP) is 3.22. The average Bonchev–Trinajstić information content (AvgIpc) is 2.20. The van der Waals surface area contributed by atoms with Gasteiger partial charge in [0.15, 0.2) is 11.6 Å². The highest BCUT2D eigenvalue weighted by atomic mass is 19.2. The molecule has 16 heavy (non-hydrogen) atoms. The molecular formula is C13H16F2O. The molecule has 0 amide bonds. The van der Waals surface area contributed by atoms with Crippen molar-refractivity contribution in [2.75, 3.05) is 0 Å². The van der Waals surface area contributed by atoms with Crippen molar-refractivity contribution in [3.8, 4) is 0 Å². The van der Waals surface area contributed by atoms with Gasteiger partial charge in [-0.1, -0.05) is 12.1 Å². The smallest absolute Gasteiger partial charge is 0.159 e. The van der Waals surface area contributed by atoms with E-state index in [1.54, 1.807) is 13.0 Å². The Bertz CT molecular complexity index is 372. The Morgan fingerprint density at radius 2 is 2.06 bits per heavy atom. The molecule has 0 fully saturated rings. The summed E-state index contributed by atoms with van der Waals surface area (Å²) in [6, 6.07) is 3.69. The highest BCUT2D eigenvalue weighted by Crippen LogP contribution is 2.20. The first-order chi connectivity index (χ1) is 7.44. The van der Waals surface area contributed by atoms with Crippen LogP contribution in [-0.2, 0) is 6.42 Å². The second kappa shape index (κ2) is 5.21. The molecule has 1 atom stereocenters. The molecule has 1 rings (SSSR count). The Morgan fingerprint density at radius 3 is 2.62 bits per heavy atom. The zero-order valence-electron chi connectivity index (χ0n) is 9.34. The van der Waals surface area contributed by atoms with E-state index in [-0.39, 0.29) is 0 Å². The highest BCUT2D eigenvalue weighted by Gasteiger charge is 2.20. The largest absolute Gasteiger partial charge is 0.390 e. The fourth-order valence-electron chi connectivity index (χ4n) is 1.59. The van der Waals surface area contributed by atoms with E-state index in [9.17, 15) is 13.9 Å². The normalized spacial score (nSPS) is 14.5. The summed E-state index contributed by atoms with van der Waals surface area (Å²) in [5, 5.41) is 10.00. The van der Waals surface area contributed by atoms with Crippen molar-refractivity contribution >= 4 is 0 Å². The molecule has 0 aromatic heterocycles. The number of hydrogen-bond acceptors (Lipinski definition) is 1. The maximum Gasteiger partial charge on any atom is 0.159 e. The Kier molecular flexibility index (Phi) is 4.19. The van der Waals surface area contributed by atoms with Gasteiger partial charge < -0.3 is 5.11 Å². The maximum absolute atomic E-state index is 12.9. The molecule has 0 radical (unpaired) electrons. The number of benzene rings is 1. The Morgan fingerprint density at radius 1 is 1.38 bits per heavy atom. The predicted molar refractivity (Wildman–Crippen MR) is 60.1 cm³/mol. The summed E-state index contributed by atoms with van der Waals surface area (Å²) in [5.41, 5.74) is -0.327. The van der Waals surface area contributed by atoms with E-state index >= 15 is 0 Å². The summed E-state index contributed by atoms with van der Waals surface area (Å²) in [4.78, 5) is 0. The molecule has 0 aliphatic heterocycles. The van der Waals surface area contributed by atoms with Crippen LogP contribution >= 0.6 is 0 Å². The second-order valence-electron chi connectivity index (χ2n) is 4.25. The van der Waals surface area contributed by atoms with Gasteiger partial charge in [-0.15, -0.1) is 6.58 Å². The van der Waals surface area contributed by atoms with Crippen molar-refractivity contribution in [2.45, 2.75) is 31.8 Å². The molecule has 1 unspecified atom stereocenters. The van der Waals surface area contributed by atoms with Crippen LogP contribution in [-0.4, -0.2) is 10.7 Å². The first-order valence-corrected chi connectivity index (χ1v) is 5.22. The zero-order chi connectivity index (χ0) is 12.2. The molecule has 0 heterocycles. The molecule has 1 N–H and O–H groups in total. The molecule has 1 nitrogen and oxygen atoms in total. The van der Waals surface area contributed by atoms with Crippen molar-refractivity contribution in [1.82, 2.24) is 0 Å². The van der Waals surface area contributed by atoms with E-state index in [0.29, 0.717) is 24.8 Å². The van der Waals surface area contributed by atoms with Gasteiger partial charge in [0.25, 0.3) is 0 Å². The summed E-state index contributed by atoms with van der Waals surface area (Å²) in [5.74, 6) is -1.74. The molecule has 0 bridgehead atoms. The van der Waals surface area contributed by atoms with Crippen LogP contribution in [0.1, 0.15) is 25.3 Å². The molecule has 0 aliphatic carbocycles. The number of halogens is 2. The van der Waals surface area contributed by atoms with Crippen molar-refractivity contribution < 1.29 is 13.9 Å². The SMILES string of the molecule is C=CCCC(C)(O)Cc1ccc(F)c(F)c1. The van der Waals surface area contributed by atoms with Gasteiger partial charge >= 0.3 is 0 Å². The number of hydrogen-bond donors (Lipinski definition) is 1. The van der Waals surface area contributed by atoms with E-state index in [1.165, 1.54) is 6.07 Å². The van der Waals surface area contributed by atoms with E-state index in [2.05, 4.69) is 6.58 Å². The van der Waals surface area contributed by atoms with E-state index in [4.69, 9.17) is 0 Å². The van der Waals surface area contributed by atoms with Crippen LogP contribution in [0.4, 0.5) is 8.78 Å². The maximum atomic E-state index is 12.9. The van der Waals surface area contributed by atoms with Gasteiger partial charge in [-0.25, -0.2) is 8.78 Å². The van der Waals surface area contributed by atoms with E-state index < -0.39 is 17.2 Å². The molecule has 0 aliphatic rings. The van der Waals surface area contributed by atoms with Gasteiger partial charge in [-0.05, 0) is 37.5 Å². The molecule has 0 spiro atoms. The zero-order valence-corrected chi connectivity index (χ0v) is 9.34. The lowest BCUT2D eigenvalue weighted by Gasteiger charge is -2.22. The van der Waals surface area contributed by atoms with E-state index in [1.807, 2.05) is 0 Å². The molecule has 1 aromatic rings. The van der Waals surface area contributed by atoms with Gasteiger partial charge in [0.05, 0.1) is 5.60 Å². The van der Waals surface area contributed by atoms with Crippen LogP contribution in [0.25, 0.3) is 0 Å². The Hall–Kier alpha value is -1.22. The van der Waals surface area contributed by atoms with Crippen LogP contribution in [0, 0.1) is 11.6 Å². The first kappa shape index (κ1) is 12.8. The Labute approximate surface area is 94.4 Å². The van der Waals surface area contributed by atoms with Gasteiger partial charge in [-0.3, -0.25) is 0 Å². The molecular weight excluding hydrogens is 210 g/mol. The topological polar surface area (TPSA) is 20.2 Å². The molecule has 1 aromatic carbocycles. The molecule has 0 saturated carbocycles. The summed E-state index contributed by atoms with van der Waals surface area (Å²) in [6.45, 7) is 5.25. The van der Waals surface area contributed by atoms with Crippen molar-refractivity contribution in [2.24, 2.45) is 0 Å². The van der Waals surface area contributed by atoms with Crippen LogP contribution in [0.15, 0.2) is 30.9 Å². The average molecular weight is 226 g/mol. The summed E-state index contributed by atoms with van der Waals surface area (Å²) < 4.78 is 25.6. The minimum Gasteiger partial charge on any atom is -0.390 e. The molecule has 0 saturated heterocycles. The van der Waals surface area contributed by atoms with Gasteiger partial charge in [0, 0.05) is 6.42 Å². The fourth-order valence-corrected chi connectivity index (χ4v) is 1.59. The van der Waals surface area contributed by atoms with Gasteiger partial charge in [0.2, 0.25) is 0 Å². The number of rotatable bonds is 5. The van der Waals surface area contributed by atoms with Crippen LogP contribution in [0.5, 0.6) is 0 Å². The standard InChI is InChI=1S/C13H16F2O/c1-3-4-7-13(2,16)9-10-5-6-11(14)12(15)8-10/h3,5-6,8,16H,1,4,7,9H2,2H3. The third kappa shape index (κ3) is 3.74. The van der Waals surface area contributed by atoms with Crippen molar-refractivity contribution in [1.29, 1.82) is 0 Å². The lowest BCUT2D eigenvalue weighted by Crippen LogP contribution is -2.26. The number of allylic oxidation sites excluding steroid dienone is 1. The van der Waals surface area contributed by atoms with Gasteiger partial charge in [0.1, 0.15) is 0 Å².